The normalized spacial score (nSPS) is 10.4. The molecule has 0 aliphatic carbocycles. The van der Waals surface area contributed by atoms with Gasteiger partial charge in [-0.1, -0.05) is 6.92 Å². The van der Waals surface area contributed by atoms with Gasteiger partial charge in [-0.25, -0.2) is 4.79 Å². The van der Waals surface area contributed by atoms with Gasteiger partial charge < -0.3 is 9.15 Å². The molecule has 5 nitrogen and oxygen atoms in total. The van der Waals surface area contributed by atoms with Gasteiger partial charge in [0.15, 0.2) is 0 Å². The number of hydrogen-bond acceptors (Lipinski definition) is 4. The van der Waals surface area contributed by atoms with Crippen LogP contribution in [0.25, 0.3) is 11.3 Å². The predicted octanol–water partition coefficient (Wildman–Crippen LogP) is 2.02. The van der Waals surface area contributed by atoms with Gasteiger partial charge in [0, 0.05) is 5.56 Å². The number of rotatable bonds is 3. The van der Waals surface area contributed by atoms with Crippen molar-refractivity contribution in [3.63, 3.8) is 0 Å². The fourth-order valence-corrected chi connectivity index (χ4v) is 1.56. The van der Waals surface area contributed by atoms with E-state index in [1.165, 1.54) is 13.4 Å². The molecule has 0 aliphatic rings. The van der Waals surface area contributed by atoms with Gasteiger partial charge in [0.25, 0.3) is 0 Å². The second-order valence-electron chi connectivity index (χ2n) is 3.28. The molecule has 0 spiro atoms. The van der Waals surface area contributed by atoms with E-state index in [4.69, 9.17) is 9.15 Å². The lowest BCUT2D eigenvalue weighted by Crippen LogP contribution is -2.04. The molecule has 0 saturated carbocycles. The maximum atomic E-state index is 11.7. The van der Waals surface area contributed by atoms with Gasteiger partial charge in [0.1, 0.15) is 11.3 Å². The fourth-order valence-electron chi connectivity index (χ4n) is 1.56. The summed E-state index contributed by atoms with van der Waals surface area (Å²) in [5.41, 5.74) is 2.57. The second kappa shape index (κ2) is 4.22. The van der Waals surface area contributed by atoms with Crippen molar-refractivity contribution < 1.29 is 13.9 Å². The lowest BCUT2D eigenvalue weighted by molar-refractivity contribution is 0.0600. The number of hydrogen-bond donors (Lipinski definition) is 1. The Labute approximate surface area is 92.4 Å². The van der Waals surface area contributed by atoms with Gasteiger partial charge in [0.05, 0.1) is 25.3 Å². The van der Waals surface area contributed by atoms with Gasteiger partial charge in [-0.15, -0.1) is 0 Å². The van der Waals surface area contributed by atoms with E-state index < -0.39 is 0 Å². The van der Waals surface area contributed by atoms with Gasteiger partial charge in [-0.3, -0.25) is 5.10 Å². The van der Waals surface area contributed by atoms with Crippen LogP contribution < -0.4 is 0 Å². The number of carbonyl (C=O) groups excluding carboxylic acids is 1. The minimum atomic E-state index is -0.387. The van der Waals surface area contributed by atoms with Crippen LogP contribution in [0.5, 0.6) is 0 Å². The standard InChI is InChI=1S/C11H12N2O3/c1-3-8-9(11(14)15-2)10(13-12-8)7-4-5-16-6-7/h4-6H,3H2,1-2H3,(H,12,13). The van der Waals surface area contributed by atoms with Crippen molar-refractivity contribution in [2.75, 3.05) is 7.11 Å². The van der Waals surface area contributed by atoms with Crippen LogP contribution in [-0.2, 0) is 11.2 Å². The van der Waals surface area contributed by atoms with E-state index in [1.807, 2.05) is 6.92 Å². The summed E-state index contributed by atoms with van der Waals surface area (Å²) in [4.78, 5) is 11.7. The lowest BCUT2D eigenvalue weighted by Gasteiger charge is -2.00. The zero-order valence-corrected chi connectivity index (χ0v) is 9.11. The number of ether oxygens (including phenoxy) is 1. The Morgan fingerprint density at radius 2 is 2.44 bits per heavy atom. The minimum absolute atomic E-state index is 0.387. The summed E-state index contributed by atoms with van der Waals surface area (Å²) in [5.74, 6) is -0.387. The van der Waals surface area contributed by atoms with Gasteiger partial charge in [-0.2, -0.15) is 5.10 Å². The number of H-pyrrole nitrogens is 1. The second-order valence-corrected chi connectivity index (χ2v) is 3.28. The molecule has 0 unspecified atom stereocenters. The third-order valence-corrected chi connectivity index (χ3v) is 2.38. The summed E-state index contributed by atoms with van der Waals surface area (Å²) in [6.45, 7) is 1.94. The molecule has 0 saturated heterocycles. The maximum absolute atomic E-state index is 11.7. The number of furan rings is 1. The molecule has 1 N–H and O–H groups in total. The highest BCUT2D eigenvalue weighted by molar-refractivity contribution is 5.97. The zero-order valence-electron chi connectivity index (χ0n) is 9.11. The summed E-state index contributed by atoms with van der Waals surface area (Å²) in [7, 11) is 1.36. The Kier molecular flexibility index (Phi) is 2.76. The molecule has 2 rings (SSSR count). The Hall–Kier alpha value is -2.04. The molecule has 0 atom stereocenters. The van der Waals surface area contributed by atoms with E-state index in [0.29, 0.717) is 17.7 Å². The number of methoxy groups -OCH3 is 1. The van der Waals surface area contributed by atoms with E-state index in [0.717, 1.165) is 11.3 Å². The summed E-state index contributed by atoms with van der Waals surface area (Å²) in [6, 6.07) is 1.75. The number of aromatic amines is 1. The number of esters is 1. The topological polar surface area (TPSA) is 68.1 Å². The highest BCUT2D eigenvalue weighted by Crippen LogP contribution is 2.25. The average Bonchev–Trinajstić information content (AvgIpc) is 2.95. The number of aromatic nitrogens is 2. The first kappa shape index (κ1) is 10.5. The quantitative estimate of drug-likeness (QED) is 0.803. The van der Waals surface area contributed by atoms with E-state index in [-0.39, 0.29) is 5.97 Å². The first-order chi connectivity index (χ1) is 7.77. The Bertz CT molecular complexity index is 485. The highest BCUT2D eigenvalue weighted by Gasteiger charge is 2.21. The molecule has 0 bridgehead atoms. The highest BCUT2D eigenvalue weighted by atomic mass is 16.5. The molecule has 0 aliphatic heterocycles. The third kappa shape index (κ3) is 1.60. The maximum Gasteiger partial charge on any atom is 0.342 e. The largest absolute Gasteiger partial charge is 0.472 e. The summed E-state index contributed by atoms with van der Waals surface area (Å²) in [5, 5.41) is 6.95. The molecule has 2 aromatic rings. The fraction of sp³-hybridized carbons (Fsp3) is 0.273. The predicted molar refractivity (Wildman–Crippen MR) is 57.0 cm³/mol. The van der Waals surface area contributed by atoms with Crippen molar-refractivity contribution >= 4 is 5.97 Å². The number of nitrogens with zero attached hydrogens (tertiary/aromatic N) is 1. The van der Waals surface area contributed by atoms with E-state index >= 15 is 0 Å². The smallest absolute Gasteiger partial charge is 0.342 e. The first-order valence-corrected chi connectivity index (χ1v) is 4.96. The molecular formula is C11H12N2O3. The SMILES string of the molecule is CCc1[nH]nc(-c2ccoc2)c1C(=O)OC. The molecule has 0 amide bonds. The number of carbonyl (C=O) groups is 1. The Morgan fingerprint density at radius 3 is 3.00 bits per heavy atom. The van der Waals surface area contributed by atoms with Crippen molar-refractivity contribution in [3.8, 4) is 11.3 Å². The van der Waals surface area contributed by atoms with Crippen molar-refractivity contribution in [1.82, 2.24) is 10.2 Å². The average molecular weight is 220 g/mol. The van der Waals surface area contributed by atoms with Gasteiger partial charge in [0.2, 0.25) is 0 Å². The third-order valence-electron chi connectivity index (χ3n) is 2.38. The molecular weight excluding hydrogens is 208 g/mol. The molecule has 2 heterocycles. The minimum Gasteiger partial charge on any atom is -0.472 e. The Morgan fingerprint density at radius 1 is 1.62 bits per heavy atom. The van der Waals surface area contributed by atoms with E-state index in [9.17, 15) is 4.79 Å². The Balaban J connectivity index is 2.54. The monoisotopic (exact) mass is 220 g/mol. The van der Waals surface area contributed by atoms with Crippen LogP contribution in [-0.4, -0.2) is 23.3 Å². The molecule has 0 radical (unpaired) electrons. The number of aryl methyl sites for hydroxylation is 1. The van der Waals surface area contributed by atoms with Crippen LogP contribution in [0.3, 0.4) is 0 Å². The molecule has 0 aromatic carbocycles. The molecule has 2 aromatic heterocycles. The summed E-state index contributed by atoms with van der Waals surface area (Å²) in [6.07, 6.45) is 3.77. The van der Waals surface area contributed by atoms with Crippen molar-refractivity contribution in [1.29, 1.82) is 0 Å². The lowest BCUT2D eigenvalue weighted by atomic mass is 10.1. The summed E-state index contributed by atoms with van der Waals surface area (Å²) >= 11 is 0. The van der Waals surface area contributed by atoms with Crippen LogP contribution >= 0.6 is 0 Å². The van der Waals surface area contributed by atoms with Gasteiger partial charge in [-0.05, 0) is 12.5 Å². The molecule has 84 valence electrons. The number of nitrogens with one attached hydrogen (secondary N) is 1. The van der Waals surface area contributed by atoms with E-state index in [1.54, 1.807) is 12.3 Å². The zero-order chi connectivity index (χ0) is 11.5. The van der Waals surface area contributed by atoms with Crippen LogP contribution in [0, 0.1) is 0 Å². The van der Waals surface area contributed by atoms with Gasteiger partial charge >= 0.3 is 5.97 Å². The molecule has 5 heteroatoms. The molecule has 16 heavy (non-hydrogen) atoms. The summed E-state index contributed by atoms with van der Waals surface area (Å²) < 4.78 is 9.72. The van der Waals surface area contributed by atoms with E-state index in [2.05, 4.69) is 10.2 Å². The molecule has 0 fully saturated rings. The van der Waals surface area contributed by atoms with Crippen LogP contribution in [0.4, 0.5) is 0 Å². The van der Waals surface area contributed by atoms with Crippen molar-refractivity contribution in [2.45, 2.75) is 13.3 Å². The van der Waals surface area contributed by atoms with Crippen LogP contribution in [0.1, 0.15) is 23.0 Å². The van der Waals surface area contributed by atoms with Crippen molar-refractivity contribution in [2.24, 2.45) is 0 Å². The van der Waals surface area contributed by atoms with Crippen LogP contribution in [0.15, 0.2) is 23.0 Å². The van der Waals surface area contributed by atoms with Crippen LogP contribution in [0.2, 0.25) is 0 Å². The van der Waals surface area contributed by atoms with Crippen molar-refractivity contribution in [3.05, 3.63) is 29.9 Å². The first-order valence-electron chi connectivity index (χ1n) is 4.96.